The highest BCUT2D eigenvalue weighted by Crippen LogP contribution is 2.19. The van der Waals surface area contributed by atoms with Gasteiger partial charge in [-0.05, 0) is 45.9 Å². The number of rotatable bonds is 2. The Kier molecular flexibility index (Phi) is 4.06. The van der Waals surface area contributed by atoms with Crippen LogP contribution in [0.15, 0.2) is 18.2 Å². The number of carbonyl (C=O) groups excluding carboxylic acids is 2. The number of hydrogen-bond donors (Lipinski definition) is 1. The molecule has 0 unspecified atom stereocenters. The summed E-state index contributed by atoms with van der Waals surface area (Å²) in [7, 11) is 0. The van der Waals surface area contributed by atoms with Crippen LogP contribution in [0.2, 0.25) is 0 Å². The van der Waals surface area contributed by atoms with Crippen molar-refractivity contribution in [1.29, 1.82) is 0 Å². The van der Waals surface area contributed by atoms with Crippen molar-refractivity contribution in [3.05, 3.63) is 29.6 Å². The van der Waals surface area contributed by atoms with Crippen LogP contribution in [0.5, 0.6) is 0 Å². The van der Waals surface area contributed by atoms with Gasteiger partial charge >= 0.3 is 6.09 Å². The number of benzene rings is 1. The zero-order valence-corrected chi connectivity index (χ0v) is 10.8. The molecule has 5 heteroatoms. The van der Waals surface area contributed by atoms with Crippen molar-refractivity contribution in [2.75, 3.05) is 5.32 Å². The topological polar surface area (TPSA) is 55.4 Å². The van der Waals surface area contributed by atoms with Gasteiger partial charge in [-0.15, -0.1) is 0 Å². The van der Waals surface area contributed by atoms with E-state index in [1.54, 1.807) is 20.8 Å². The molecular weight excluding hydrogens is 237 g/mol. The summed E-state index contributed by atoms with van der Waals surface area (Å²) in [6.45, 7) is 6.48. The second-order valence-corrected chi connectivity index (χ2v) is 4.87. The van der Waals surface area contributed by atoms with Gasteiger partial charge in [0.15, 0.2) is 5.78 Å². The lowest BCUT2D eigenvalue weighted by molar-refractivity contribution is 0.0636. The summed E-state index contributed by atoms with van der Waals surface area (Å²) >= 11 is 0. The molecule has 1 amide bonds. The summed E-state index contributed by atoms with van der Waals surface area (Å²) in [4.78, 5) is 22.9. The molecule has 4 nitrogen and oxygen atoms in total. The minimum atomic E-state index is -0.726. The fraction of sp³-hybridized carbons (Fsp3) is 0.385. The maximum Gasteiger partial charge on any atom is 0.412 e. The van der Waals surface area contributed by atoms with Crippen molar-refractivity contribution in [1.82, 2.24) is 0 Å². The minimum absolute atomic E-state index is 0.108. The standard InChI is InChI=1S/C13H16FNO3/c1-8(16)10-6-5-9(14)7-11(10)15-12(17)18-13(2,3)4/h5-7H,1-4H3,(H,15,17). The number of hydrogen-bond acceptors (Lipinski definition) is 3. The summed E-state index contributed by atoms with van der Waals surface area (Å²) in [6.07, 6.45) is -0.726. The lowest BCUT2D eigenvalue weighted by Crippen LogP contribution is -2.27. The van der Waals surface area contributed by atoms with Crippen LogP contribution in [-0.4, -0.2) is 17.5 Å². The maximum atomic E-state index is 13.1. The molecule has 1 aromatic rings. The van der Waals surface area contributed by atoms with Crippen molar-refractivity contribution in [2.45, 2.75) is 33.3 Å². The first-order valence-corrected chi connectivity index (χ1v) is 5.49. The second kappa shape index (κ2) is 5.16. The van der Waals surface area contributed by atoms with E-state index in [-0.39, 0.29) is 17.0 Å². The smallest absolute Gasteiger partial charge is 0.412 e. The highest BCUT2D eigenvalue weighted by atomic mass is 19.1. The van der Waals surface area contributed by atoms with E-state index in [2.05, 4.69) is 5.32 Å². The van der Waals surface area contributed by atoms with Crippen LogP contribution in [-0.2, 0) is 4.74 Å². The van der Waals surface area contributed by atoms with Crippen LogP contribution in [0.1, 0.15) is 38.1 Å². The van der Waals surface area contributed by atoms with Crippen molar-refractivity contribution < 1.29 is 18.7 Å². The molecule has 1 rings (SSSR count). The molecule has 98 valence electrons. The number of carbonyl (C=O) groups is 2. The summed E-state index contributed by atoms with van der Waals surface area (Å²) in [5, 5.41) is 2.37. The van der Waals surface area contributed by atoms with Crippen molar-refractivity contribution in [2.24, 2.45) is 0 Å². The van der Waals surface area contributed by atoms with Gasteiger partial charge in [0.25, 0.3) is 0 Å². The normalized spacial score (nSPS) is 10.9. The predicted octanol–water partition coefficient (Wildman–Crippen LogP) is 3.38. The van der Waals surface area contributed by atoms with E-state index >= 15 is 0 Å². The predicted molar refractivity (Wildman–Crippen MR) is 66.3 cm³/mol. The van der Waals surface area contributed by atoms with Crippen LogP contribution in [0, 0.1) is 5.82 Å². The molecule has 1 aromatic carbocycles. The number of nitrogens with one attached hydrogen (secondary N) is 1. The van der Waals surface area contributed by atoms with Gasteiger partial charge in [-0.2, -0.15) is 0 Å². The first-order chi connectivity index (χ1) is 8.19. The lowest BCUT2D eigenvalue weighted by Gasteiger charge is -2.20. The molecule has 0 aliphatic heterocycles. The Labute approximate surface area is 105 Å². The zero-order chi connectivity index (χ0) is 13.9. The minimum Gasteiger partial charge on any atom is -0.444 e. The SMILES string of the molecule is CC(=O)c1ccc(F)cc1NC(=O)OC(C)(C)C. The summed E-state index contributed by atoms with van der Waals surface area (Å²) in [6, 6.07) is 3.57. The molecule has 0 fully saturated rings. The number of amides is 1. The van der Waals surface area contributed by atoms with E-state index in [9.17, 15) is 14.0 Å². The zero-order valence-electron chi connectivity index (χ0n) is 10.8. The third-order valence-corrected chi connectivity index (χ3v) is 2.00. The third kappa shape index (κ3) is 4.16. The average molecular weight is 253 g/mol. The van der Waals surface area contributed by atoms with Crippen molar-refractivity contribution >= 4 is 17.6 Å². The lowest BCUT2D eigenvalue weighted by atomic mass is 10.1. The number of anilines is 1. The summed E-state index contributed by atoms with van der Waals surface area (Å²) in [5.41, 5.74) is -0.313. The first-order valence-electron chi connectivity index (χ1n) is 5.49. The van der Waals surface area contributed by atoms with Gasteiger partial charge in [0.05, 0.1) is 5.69 Å². The largest absolute Gasteiger partial charge is 0.444 e. The Morgan fingerprint density at radius 3 is 2.39 bits per heavy atom. The van der Waals surface area contributed by atoms with E-state index in [0.29, 0.717) is 0 Å². The highest BCUT2D eigenvalue weighted by Gasteiger charge is 2.18. The Bertz CT molecular complexity index is 478. The average Bonchev–Trinajstić information content (AvgIpc) is 2.13. The summed E-state index contributed by atoms with van der Waals surface area (Å²) < 4.78 is 18.1. The van der Waals surface area contributed by atoms with E-state index in [0.717, 1.165) is 12.1 Å². The highest BCUT2D eigenvalue weighted by molar-refractivity contribution is 6.02. The number of halogens is 1. The monoisotopic (exact) mass is 253 g/mol. The van der Waals surface area contributed by atoms with Crippen LogP contribution in [0.4, 0.5) is 14.9 Å². The van der Waals surface area contributed by atoms with Crippen LogP contribution in [0.25, 0.3) is 0 Å². The van der Waals surface area contributed by atoms with E-state index in [1.165, 1.54) is 13.0 Å². The molecule has 0 spiro atoms. The molecule has 0 heterocycles. The molecule has 0 aliphatic carbocycles. The van der Waals surface area contributed by atoms with Gasteiger partial charge in [-0.1, -0.05) is 0 Å². The summed E-state index contributed by atoms with van der Waals surface area (Å²) in [5.74, 6) is -0.799. The second-order valence-electron chi connectivity index (χ2n) is 4.87. The van der Waals surface area contributed by atoms with Crippen LogP contribution >= 0.6 is 0 Å². The Morgan fingerprint density at radius 1 is 1.28 bits per heavy atom. The van der Waals surface area contributed by atoms with E-state index in [1.807, 2.05) is 0 Å². The fourth-order valence-electron chi connectivity index (χ4n) is 1.34. The Morgan fingerprint density at radius 2 is 1.89 bits per heavy atom. The maximum absolute atomic E-state index is 13.1. The molecular formula is C13H16FNO3. The van der Waals surface area contributed by atoms with Gasteiger partial charge in [-0.3, -0.25) is 10.1 Å². The number of ether oxygens (including phenoxy) is 1. The van der Waals surface area contributed by atoms with Gasteiger partial charge in [-0.25, -0.2) is 9.18 Å². The molecule has 0 radical (unpaired) electrons. The molecule has 18 heavy (non-hydrogen) atoms. The molecule has 1 N–H and O–H groups in total. The molecule has 0 atom stereocenters. The Balaban J connectivity index is 2.93. The molecule has 0 aromatic heterocycles. The van der Waals surface area contributed by atoms with Crippen LogP contribution < -0.4 is 5.32 Å². The van der Waals surface area contributed by atoms with Gasteiger partial charge < -0.3 is 4.74 Å². The first kappa shape index (κ1) is 14.2. The van der Waals surface area contributed by atoms with Gasteiger partial charge in [0, 0.05) is 5.56 Å². The third-order valence-electron chi connectivity index (χ3n) is 2.00. The van der Waals surface area contributed by atoms with Crippen molar-refractivity contribution in [3.8, 4) is 0 Å². The molecule has 0 aliphatic rings. The molecule has 0 saturated heterocycles. The molecule has 0 bridgehead atoms. The van der Waals surface area contributed by atoms with Crippen molar-refractivity contribution in [3.63, 3.8) is 0 Å². The van der Waals surface area contributed by atoms with E-state index < -0.39 is 17.5 Å². The fourth-order valence-corrected chi connectivity index (χ4v) is 1.34. The van der Waals surface area contributed by atoms with E-state index in [4.69, 9.17) is 4.74 Å². The Hall–Kier alpha value is -1.91. The number of ketones is 1. The van der Waals surface area contributed by atoms with Gasteiger partial charge in [0.1, 0.15) is 11.4 Å². The molecule has 0 saturated carbocycles. The number of Topliss-reactive ketones (excluding diaryl/α,β-unsaturated/α-hetero) is 1. The van der Waals surface area contributed by atoms with Gasteiger partial charge in [0.2, 0.25) is 0 Å². The van der Waals surface area contributed by atoms with Crippen LogP contribution in [0.3, 0.4) is 0 Å². The quantitative estimate of drug-likeness (QED) is 0.822.